The third kappa shape index (κ3) is 4.37. The second-order valence-electron chi connectivity index (χ2n) is 6.91. The maximum atomic E-state index is 13.4. The van der Waals surface area contributed by atoms with Gasteiger partial charge in [-0.2, -0.15) is 4.98 Å². The number of benzene rings is 2. The number of amides is 2. The van der Waals surface area contributed by atoms with Gasteiger partial charge in [-0.3, -0.25) is 0 Å². The Bertz CT molecular complexity index is 1010. The Morgan fingerprint density at radius 3 is 2.97 bits per heavy atom. The fourth-order valence-electron chi connectivity index (χ4n) is 3.41. The molecule has 1 aliphatic heterocycles. The van der Waals surface area contributed by atoms with E-state index in [0.717, 1.165) is 12.8 Å². The number of piperidine rings is 1. The molecule has 3 aromatic rings. The highest BCUT2D eigenvalue weighted by Crippen LogP contribution is 2.28. The minimum absolute atomic E-state index is 0.0605. The van der Waals surface area contributed by atoms with Gasteiger partial charge in [-0.15, -0.1) is 0 Å². The van der Waals surface area contributed by atoms with E-state index >= 15 is 0 Å². The number of methoxy groups -OCH3 is 1. The van der Waals surface area contributed by atoms with Crippen LogP contribution in [0.1, 0.15) is 24.7 Å². The number of nitrogens with one attached hydrogen (secondary N) is 1. The number of likely N-dealkylation sites (tertiary alicyclic amines) is 1. The van der Waals surface area contributed by atoms with Crippen molar-refractivity contribution in [1.82, 2.24) is 15.0 Å². The van der Waals surface area contributed by atoms with E-state index in [-0.39, 0.29) is 17.8 Å². The number of rotatable bonds is 4. The van der Waals surface area contributed by atoms with Crippen molar-refractivity contribution in [2.24, 2.45) is 0 Å². The number of nitrogens with zero attached hydrogens (tertiary/aromatic N) is 3. The average molecular weight is 396 g/mol. The minimum atomic E-state index is -0.355. The highest BCUT2D eigenvalue weighted by Gasteiger charge is 2.29. The van der Waals surface area contributed by atoms with Crippen LogP contribution < -0.4 is 10.1 Å². The van der Waals surface area contributed by atoms with E-state index in [0.29, 0.717) is 41.8 Å². The van der Waals surface area contributed by atoms with Crippen molar-refractivity contribution in [2.45, 2.75) is 18.8 Å². The van der Waals surface area contributed by atoms with E-state index in [4.69, 9.17) is 9.26 Å². The zero-order chi connectivity index (χ0) is 20.2. The van der Waals surface area contributed by atoms with Crippen molar-refractivity contribution in [3.05, 3.63) is 60.2 Å². The van der Waals surface area contributed by atoms with Crippen molar-refractivity contribution in [2.75, 3.05) is 25.5 Å². The van der Waals surface area contributed by atoms with Crippen molar-refractivity contribution >= 4 is 11.7 Å². The zero-order valence-electron chi connectivity index (χ0n) is 16.0. The maximum Gasteiger partial charge on any atom is 0.321 e. The summed E-state index contributed by atoms with van der Waals surface area (Å²) in [5, 5.41) is 6.87. The molecule has 0 spiro atoms. The number of carbonyl (C=O) groups excluding carboxylic acids is 1. The standard InChI is InChI=1S/C21H21FN4O3/c1-28-18-9-3-8-17(12-18)23-21(27)26-10-4-6-15(13-26)20-24-19(25-29-20)14-5-2-7-16(22)11-14/h2-3,5,7-9,11-12,15H,4,6,10,13H2,1H3,(H,23,27). The first-order valence-electron chi connectivity index (χ1n) is 9.42. The number of hydrogen-bond donors (Lipinski definition) is 1. The summed E-state index contributed by atoms with van der Waals surface area (Å²) in [5.41, 5.74) is 1.23. The van der Waals surface area contributed by atoms with Crippen LogP contribution in [-0.4, -0.2) is 41.3 Å². The second kappa shape index (κ2) is 8.30. The summed E-state index contributed by atoms with van der Waals surface area (Å²) < 4.78 is 24.0. The zero-order valence-corrected chi connectivity index (χ0v) is 16.0. The molecule has 29 heavy (non-hydrogen) atoms. The van der Waals surface area contributed by atoms with E-state index in [9.17, 15) is 9.18 Å². The highest BCUT2D eigenvalue weighted by molar-refractivity contribution is 5.89. The number of halogens is 1. The van der Waals surface area contributed by atoms with Crippen molar-refractivity contribution in [1.29, 1.82) is 0 Å². The van der Waals surface area contributed by atoms with E-state index in [1.54, 1.807) is 30.2 Å². The molecular weight excluding hydrogens is 375 g/mol. The maximum absolute atomic E-state index is 13.4. The summed E-state index contributed by atoms with van der Waals surface area (Å²) in [6.07, 6.45) is 1.67. The third-order valence-electron chi connectivity index (χ3n) is 4.90. The topological polar surface area (TPSA) is 80.5 Å². The number of urea groups is 1. The van der Waals surface area contributed by atoms with Gasteiger partial charge < -0.3 is 19.5 Å². The van der Waals surface area contributed by atoms with Crippen LogP contribution in [0.2, 0.25) is 0 Å². The molecule has 1 atom stereocenters. The van der Waals surface area contributed by atoms with E-state index in [1.807, 2.05) is 18.2 Å². The molecule has 7 nitrogen and oxygen atoms in total. The first kappa shape index (κ1) is 18.9. The third-order valence-corrected chi connectivity index (χ3v) is 4.90. The number of anilines is 1. The summed E-state index contributed by atoms with van der Waals surface area (Å²) in [6.45, 7) is 1.12. The second-order valence-corrected chi connectivity index (χ2v) is 6.91. The highest BCUT2D eigenvalue weighted by atomic mass is 19.1. The molecule has 8 heteroatoms. The van der Waals surface area contributed by atoms with Gasteiger partial charge in [0.25, 0.3) is 0 Å². The van der Waals surface area contributed by atoms with Crippen molar-refractivity contribution in [3.63, 3.8) is 0 Å². The molecule has 1 aromatic heterocycles. The molecular formula is C21H21FN4O3. The Morgan fingerprint density at radius 1 is 1.28 bits per heavy atom. The monoisotopic (exact) mass is 396 g/mol. The lowest BCUT2D eigenvalue weighted by atomic mass is 9.98. The number of aromatic nitrogens is 2. The van der Waals surface area contributed by atoms with Gasteiger partial charge in [0.15, 0.2) is 0 Å². The smallest absolute Gasteiger partial charge is 0.321 e. The number of ether oxygens (including phenoxy) is 1. The minimum Gasteiger partial charge on any atom is -0.497 e. The first-order chi connectivity index (χ1) is 14.1. The Hall–Kier alpha value is -3.42. The molecule has 1 aliphatic rings. The molecule has 1 N–H and O–H groups in total. The molecule has 0 radical (unpaired) electrons. The molecule has 150 valence electrons. The van der Waals surface area contributed by atoms with Crippen LogP contribution in [0.4, 0.5) is 14.9 Å². The summed E-state index contributed by atoms with van der Waals surface area (Å²) >= 11 is 0. The Balaban J connectivity index is 1.43. The van der Waals surface area contributed by atoms with Crippen LogP contribution in [0, 0.1) is 5.82 Å². The summed E-state index contributed by atoms with van der Waals surface area (Å²) in [5.74, 6) is 1.07. The molecule has 1 fully saturated rings. The van der Waals surface area contributed by atoms with Crippen LogP contribution in [0.5, 0.6) is 5.75 Å². The Kier molecular flexibility index (Phi) is 5.41. The molecule has 4 rings (SSSR count). The SMILES string of the molecule is COc1cccc(NC(=O)N2CCCC(c3nc(-c4cccc(F)c4)no3)C2)c1. The van der Waals surface area contributed by atoms with Crippen LogP contribution in [0.15, 0.2) is 53.1 Å². The molecule has 1 saturated heterocycles. The van der Waals surface area contributed by atoms with Gasteiger partial charge in [-0.05, 0) is 37.1 Å². The van der Waals surface area contributed by atoms with E-state index < -0.39 is 0 Å². The predicted molar refractivity (Wildman–Crippen MR) is 105 cm³/mol. The molecule has 1 unspecified atom stereocenters. The Labute approximate surface area is 167 Å². The number of hydrogen-bond acceptors (Lipinski definition) is 5. The molecule has 0 aliphatic carbocycles. The first-order valence-corrected chi connectivity index (χ1v) is 9.42. The summed E-state index contributed by atoms with van der Waals surface area (Å²) in [6, 6.07) is 13.1. The lowest BCUT2D eigenvalue weighted by Crippen LogP contribution is -2.41. The van der Waals surface area contributed by atoms with Gasteiger partial charge in [0, 0.05) is 30.4 Å². The lowest BCUT2D eigenvalue weighted by Gasteiger charge is -2.31. The summed E-state index contributed by atoms with van der Waals surface area (Å²) in [4.78, 5) is 18.8. The summed E-state index contributed by atoms with van der Waals surface area (Å²) in [7, 11) is 1.58. The van der Waals surface area contributed by atoms with Gasteiger partial charge in [0.1, 0.15) is 11.6 Å². The van der Waals surface area contributed by atoms with E-state index in [1.165, 1.54) is 12.1 Å². The molecule has 2 amide bonds. The van der Waals surface area contributed by atoms with Gasteiger partial charge in [-0.1, -0.05) is 23.4 Å². The van der Waals surface area contributed by atoms with Crippen LogP contribution in [-0.2, 0) is 0 Å². The fourth-order valence-corrected chi connectivity index (χ4v) is 3.41. The van der Waals surface area contributed by atoms with Crippen molar-refractivity contribution < 1.29 is 18.4 Å². The molecule has 0 saturated carbocycles. The molecule has 2 heterocycles. The van der Waals surface area contributed by atoms with Crippen LogP contribution >= 0.6 is 0 Å². The molecule has 0 bridgehead atoms. The van der Waals surface area contributed by atoms with E-state index in [2.05, 4.69) is 15.5 Å². The Morgan fingerprint density at radius 2 is 2.14 bits per heavy atom. The lowest BCUT2D eigenvalue weighted by molar-refractivity contribution is 0.184. The normalized spacial score (nSPS) is 16.5. The van der Waals surface area contributed by atoms with Crippen LogP contribution in [0.25, 0.3) is 11.4 Å². The van der Waals surface area contributed by atoms with Gasteiger partial charge in [0.2, 0.25) is 11.7 Å². The molecule has 2 aromatic carbocycles. The van der Waals surface area contributed by atoms with Gasteiger partial charge in [-0.25, -0.2) is 9.18 Å². The van der Waals surface area contributed by atoms with Gasteiger partial charge in [0.05, 0.1) is 13.0 Å². The largest absolute Gasteiger partial charge is 0.497 e. The van der Waals surface area contributed by atoms with Gasteiger partial charge >= 0.3 is 6.03 Å². The van der Waals surface area contributed by atoms with Crippen molar-refractivity contribution in [3.8, 4) is 17.1 Å². The quantitative estimate of drug-likeness (QED) is 0.711. The predicted octanol–water partition coefficient (Wildman–Crippen LogP) is 4.30. The average Bonchev–Trinajstić information content (AvgIpc) is 3.24. The fraction of sp³-hybridized carbons (Fsp3) is 0.286. The number of carbonyl (C=O) groups is 1. The van der Waals surface area contributed by atoms with Crippen LogP contribution in [0.3, 0.4) is 0 Å².